The molecule has 1 amide bonds. The van der Waals surface area contributed by atoms with Crippen LogP contribution in [-0.4, -0.2) is 59.1 Å². The molecule has 3 aromatic carbocycles. The first kappa shape index (κ1) is 36.0. The van der Waals surface area contributed by atoms with Crippen LogP contribution in [0.1, 0.15) is 71.3 Å². The predicted molar refractivity (Wildman–Crippen MR) is 176 cm³/mol. The first-order valence-corrected chi connectivity index (χ1v) is 15.6. The van der Waals surface area contributed by atoms with Crippen LogP contribution in [0.5, 0.6) is 0 Å². The van der Waals surface area contributed by atoms with E-state index >= 15 is 0 Å². The van der Waals surface area contributed by atoms with Crippen molar-refractivity contribution in [2.24, 2.45) is 0 Å². The topological polar surface area (TPSA) is 127 Å². The maximum Gasteiger partial charge on any atom is 0.337 e. The molecule has 0 radical (unpaired) electrons. The van der Waals surface area contributed by atoms with E-state index in [1.54, 1.807) is 48.5 Å². The lowest BCUT2D eigenvalue weighted by Crippen LogP contribution is -2.27. The first-order chi connectivity index (χ1) is 22.9. The van der Waals surface area contributed by atoms with Gasteiger partial charge in [0.2, 0.25) is 0 Å². The quantitative estimate of drug-likeness (QED) is 0.141. The molecule has 4 rings (SSSR count). The summed E-state index contributed by atoms with van der Waals surface area (Å²) in [5, 5.41) is 24.2. The molecular weight excluding hydrogens is 622 g/mol. The van der Waals surface area contributed by atoms with E-state index in [-0.39, 0.29) is 44.0 Å². The number of nitrogens with zero attached hydrogens (tertiary/aromatic N) is 1. The second-order valence-electron chi connectivity index (χ2n) is 11.8. The Hall–Kier alpha value is -4.87. The summed E-state index contributed by atoms with van der Waals surface area (Å²) in [5.41, 5.74) is 4.34. The molecule has 3 N–H and O–H groups in total. The molecule has 254 valence electrons. The molecule has 0 aliphatic carbocycles. The van der Waals surface area contributed by atoms with E-state index in [1.165, 1.54) is 38.5 Å². The lowest BCUT2D eigenvalue weighted by molar-refractivity contribution is -0.143. The van der Waals surface area contributed by atoms with Gasteiger partial charge in [-0.15, -0.1) is 0 Å². The fraction of sp³-hybridized carbons (Fsp3) is 0.324. The van der Waals surface area contributed by atoms with Crippen LogP contribution in [0.2, 0.25) is 0 Å². The SMILES string of the molecule is COC(=O)C[C@H](O)C[C@H](O)CCc1c(-c2ccc(F)cc2)c(-c2ccc(F)cc2)c(C(=O)NCc2ccc(C(=O)OC)cc2)n1C(C)C. The van der Waals surface area contributed by atoms with Crippen LogP contribution in [0.15, 0.2) is 72.8 Å². The molecule has 0 saturated carbocycles. The summed E-state index contributed by atoms with van der Waals surface area (Å²) in [5.74, 6) is -2.41. The lowest BCUT2D eigenvalue weighted by atomic mass is 9.92. The smallest absolute Gasteiger partial charge is 0.337 e. The van der Waals surface area contributed by atoms with E-state index in [4.69, 9.17) is 4.74 Å². The molecule has 9 nitrogen and oxygen atoms in total. The minimum Gasteiger partial charge on any atom is -0.469 e. The average molecular weight is 663 g/mol. The fourth-order valence-electron chi connectivity index (χ4n) is 5.74. The Balaban J connectivity index is 1.81. The molecule has 2 atom stereocenters. The highest BCUT2D eigenvalue weighted by Gasteiger charge is 2.30. The standard InChI is InChI=1S/C37H40F2N2O7/c1-22(2)41-31(18-17-29(42)19-30(43)20-32(44)47-3)33(24-9-13-27(38)14-10-24)34(25-11-15-28(39)16-12-25)35(41)36(45)40-21-23-5-7-26(8-6-23)37(46)48-4/h5-16,22,29-30,42-43H,17-21H2,1-4H3,(H,40,45)/t29-,30-/m1/s1. The molecule has 11 heteroatoms. The largest absolute Gasteiger partial charge is 0.469 e. The molecule has 0 spiro atoms. The van der Waals surface area contributed by atoms with Gasteiger partial charge in [0.1, 0.15) is 17.3 Å². The minimum atomic E-state index is -1.11. The number of rotatable bonds is 14. The van der Waals surface area contributed by atoms with Gasteiger partial charge in [-0.2, -0.15) is 0 Å². The Morgan fingerprint density at radius 1 is 0.792 bits per heavy atom. The van der Waals surface area contributed by atoms with Gasteiger partial charge in [0.15, 0.2) is 0 Å². The second kappa shape index (κ2) is 16.3. The van der Waals surface area contributed by atoms with Crippen molar-refractivity contribution in [1.29, 1.82) is 0 Å². The zero-order valence-electron chi connectivity index (χ0n) is 27.3. The van der Waals surface area contributed by atoms with E-state index in [0.29, 0.717) is 33.5 Å². The molecule has 1 aromatic heterocycles. The zero-order valence-corrected chi connectivity index (χ0v) is 27.3. The van der Waals surface area contributed by atoms with Crippen LogP contribution in [0, 0.1) is 11.6 Å². The van der Waals surface area contributed by atoms with Crippen LogP contribution >= 0.6 is 0 Å². The third kappa shape index (κ3) is 8.72. The molecule has 0 saturated heterocycles. The van der Waals surface area contributed by atoms with Gasteiger partial charge < -0.3 is 29.6 Å². The molecule has 0 unspecified atom stereocenters. The molecule has 48 heavy (non-hydrogen) atoms. The third-order valence-corrected chi connectivity index (χ3v) is 8.02. The number of ether oxygens (including phenoxy) is 2. The van der Waals surface area contributed by atoms with Crippen molar-refractivity contribution in [2.45, 2.75) is 64.3 Å². The maximum atomic E-state index is 14.2. The van der Waals surface area contributed by atoms with Crippen LogP contribution in [0.3, 0.4) is 0 Å². The maximum absolute atomic E-state index is 14.2. The molecule has 0 bridgehead atoms. The monoisotopic (exact) mass is 662 g/mol. The average Bonchev–Trinajstić information content (AvgIpc) is 3.42. The number of hydrogen-bond donors (Lipinski definition) is 3. The Kier molecular flexibility index (Phi) is 12.2. The molecule has 4 aromatic rings. The summed E-state index contributed by atoms with van der Waals surface area (Å²) in [7, 11) is 2.51. The van der Waals surface area contributed by atoms with Gasteiger partial charge in [0, 0.05) is 29.4 Å². The number of esters is 2. The molecule has 0 fully saturated rings. The Morgan fingerprint density at radius 2 is 1.35 bits per heavy atom. The van der Waals surface area contributed by atoms with Crippen molar-refractivity contribution in [1.82, 2.24) is 9.88 Å². The number of methoxy groups -OCH3 is 2. The van der Waals surface area contributed by atoms with Crippen LogP contribution in [-0.2, 0) is 27.2 Å². The molecule has 1 heterocycles. The summed E-state index contributed by atoms with van der Waals surface area (Å²) in [4.78, 5) is 37.7. The lowest BCUT2D eigenvalue weighted by Gasteiger charge is -2.20. The van der Waals surface area contributed by atoms with Crippen molar-refractivity contribution in [2.75, 3.05) is 14.2 Å². The third-order valence-electron chi connectivity index (χ3n) is 8.02. The summed E-state index contributed by atoms with van der Waals surface area (Å²) < 4.78 is 39.5. The number of aliphatic hydroxyl groups excluding tert-OH is 2. The van der Waals surface area contributed by atoms with Gasteiger partial charge in [0.05, 0.1) is 38.4 Å². The van der Waals surface area contributed by atoms with Gasteiger partial charge in [-0.25, -0.2) is 13.6 Å². The molecule has 0 aliphatic rings. The van der Waals surface area contributed by atoms with E-state index in [9.17, 15) is 33.4 Å². The van der Waals surface area contributed by atoms with Crippen LogP contribution < -0.4 is 5.32 Å². The number of nitrogens with one attached hydrogen (secondary N) is 1. The summed E-state index contributed by atoms with van der Waals surface area (Å²) in [6.45, 7) is 3.95. The number of carbonyl (C=O) groups is 3. The summed E-state index contributed by atoms with van der Waals surface area (Å²) in [6.07, 6.45) is -2.04. The van der Waals surface area contributed by atoms with Crippen molar-refractivity contribution < 1.29 is 42.9 Å². The minimum absolute atomic E-state index is 0.0731. The van der Waals surface area contributed by atoms with Crippen molar-refractivity contribution in [3.8, 4) is 22.3 Å². The number of halogens is 2. The van der Waals surface area contributed by atoms with Crippen molar-refractivity contribution in [3.63, 3.8) is 0 Å². The zero-order chi connectivity index (χ0) is 35.0. The molecule has 0 aliphatic heterocycles. The highest BCUT2D eigenvalue weighted by Crippen LogP contribution is 2.42. The number of aliphatic hydroxyl groups is 2. The predicted octanol–water partition coefficient (Wildman–Crippen LogP) is 6.01. The fourth-order valence-corrected chi connectivity index (χ4v) is 5.74. The number of hydrogen-bond acceptors (Lipinski definition) is 7. The number of carbonyl (C=O) groups excluding carboxylic acids is 3. The van der Waals surface area contributed by atoms with Crippen molar-refractivity contribution in [3.05, 3.63) is 107 Å². The Morgan fingerprint density at radius 3 is 1.88 bits per heavy atom. The van der Waals surface area contributed by atoms with E-state index in [2.05, 4.69) is 10.1 Å². The normalized spacial score (nSPS) is 12.4. The van der Waals surface area contributed by atoms with Gasteiger partial charge in [0.25, 0.3) is 5.91 Å². The van der Waals surface area contributed by atoms with E-state index in [1.807, 2.05) is 18.4 Å². The first-order valence-electron chi connectivity index (χ1n) is 15.6. The van der Waals surface area contributed by atoms with Crippen LogP contribution in [0.4, 0.5) is 8.78 Å². The van der Waals surface area contributed by atoms with E-state index < -0.39 is 41.7 Å². The van der Waals surface area contributed by atoms with Gasteiger partial charge in [-0.1, -0.05) is 36.4 Å². The summed E-state index contributed by atoms with van der Waals surface area (Å²) >= 11 is 0. The van der Waals surface area contributed by atoms with Crippen LogP contribution in [0.25, 0.3) is 22.3 Å². The highest BCUT2D eigenvalue weighted by molar-refractivity contribution is 6.05. The number of benzene rings is 3. The Labute approximate surface area is 278 Å². The molecular formula is C37H40F2N2O7. The van der Waals surface area contributed by atoms with Crippen molar-refractivity contribution >= 4 is 17.8 Å². The van der Waals surface area contributed by atoms with Gasteiger partial charge >= 0.3 is 11.9 Å². The Bertz CT molecular complexity index is 1720. The number of aromatic nitrogens is 1. The summed E-state index contributed by atoms with van der Waals surface area (Å²) in [6, 6.07) is 17.9. The van der Waals surface area contributed by atoms with Gasteiger partial charge in [-0.3, -0.25) is 9.59 Å². The number of amides is 1. The van der Waals surface area contributed by atoms with E-state index in [0.717, 1.165) is 5.56 Å². The van der Waals surface area contributed by atoms with Gasteiger partial charge in [-0.05, 0) is 86.2 Å². The second-order valence-corrected chi connectivity index (χ2v) is 11.8. The highest BCUT2D eigenvalue weighted by atomic mass is 19.1.